The summed E-state index contributed by atoms with van der Waals surface area (Å²) in [5, 5.41) is 4.11. The summed E-state index contributed by atoms with van der Waals surface area (Å²) in [5.74, 6) is 0.536. The van der Waals surface area contributed by atoms with Crippen molar-refractivity contribution in [2.75, 3.05) is 0 Å². The smallest absolute Gasteiger partial charge is 0.233 e. The molecule has 110 valence electrons. The lowest BCUT2D eigenvalue weighted by molar-refractivity contribution is -0.140. The highest BCUT2D eigenvalue weighted by Gasteiger charge is 2.47. The molecule has 0 unspecified atom stereocenters. The van der Waals surface area contributed by atoms with E-state index in [1.807, 2.05) is 12.2 Å². The Morgan fingerprint density at radius 1 is 1.10 bits per heavy atom. The molecule has 0 saturated carbocycles. The fourth-order valence-corrected chi connectivity index (χ4v) is 3.75. The van der Waals surface area contributed by atoms with Gasteiger partial charge in [0.15, 0.2) is 0 Å². The number of rotatable bonds is 2. The van der Waals surface area contributed by atoms with Gasteiger partial charge in [0.1, 0.15) is 11.5 Å². The topological polar surface area (TPSA) is 63.4 Å². The van der Waals surface area contributed by atoms with E-state index in [1.165, 1.54) is 4.90 Å². The molecule has 2 amide bonds. The number of imide groups is 1. The molecule has 0 N–H and O–H groups in total. The second kappa shape index (κ2) is 4.83. The van der Waals surface area contributed by atoms with Crippen LogP contribution >= 0.6 is 0 Å². The molecule has 1 saturated heterocycles. The minimum Gasteiger partial charge on any atom is -0.361 e. The Kier molecular flexibility index (Phi) is 2.94. The summed E-state index contributed by atoms with van der Waals surface area (Å²) >= 11 is 0. The number of hydrogen-bond acceptors (Lipinski definition) is 4. The third-order valence-corrected chi connectivity index (χ3v) is 4.94. The van der Waals surface area contributed by atoms with Crippen molar-refractivity contribution in [1.82, 2.24) is 10.1 Å². The largest absolute Gasteiger partial charge is 0.361 e. The molecule has 5 nitrogen and oxygen atoms in total. The minimum atomic E-state index is -0.162. The Labute approximate surface area is 123 Å². The van der Waals surface area contributed by atoms with Crippen LogP contribution in [0.5, 0.6) is 0 Å². The summed E-state index contributed by atoms with van der Waals surface area (Å²) in [6, 6.07) is 0. The number of nitrogens with zero attached hydrogens (tertiary/aromatic N) is 2. The third-order valence-electron chi connectivity index (χ3n) is 4.94. The number of amides is 2. The normalized spacial score (nSPS) is 27.9. The van der Waals surface area contributed by atoms with Gasteiger partial charge in [-0.05, 0) is 32.1 Å². The Morgan fingerprint density at radius 3 is 2.48 bits per heavy atom. The Hall–Kier alpha value is -1.91. The molecule has 2 atom stereocenters. The van der Waals surface area contributed by atoms with E-state index < -0.39 is 0 Å². The number of aromatic nitrogens is 1. The van der Waals surface area contributed by atoms with E-state index in [2.05, 4.69) is 5.16 Å². The van der Waals surface area contributed by atoms with Crippen LogP contribution in [-0.4, -0.2) is 21.9 Å². The maximum atomic E-state index is 12.5. The van der Waals surface area contributed by atoms with Crippen molar-refractivity contribution in [2.45, 2.75) is 45.1 Å². The van der Waals surface area contributed by atoms with Gasteiger partial charge >= 0.3 is 0 Å². The van der Waals surface area contributed by atoms with Gasteiger partial charge in [-0.25, -0.2) is 0 Å². The summed E-state index contributed by atoms with van der Waals surface area (Å²) in [6.45, 7) is 0.281. The molecule has 0 aromatic carbocycles. The van der Waals surface area contributed by atoms with Gasteiger partial charge in [-0.1, -0.05) is 17.3 Å². The van der Waals surface area contributed by atoms with E-state index in [0.717, 1.165) is 42.7 Å². The van der Waals surface area contributed by atoms with Crippen molar-refractivity contribution >= 4 is 11.8 Å². The van der Waals surface area contributed by atoms with Crippen LogP contribution in [0.3, 0.4) is 0 Å². The minimum absolute atomic E-state index is 0.0399. The van der Waals surface area contributed by atoms with E-state index in [1.54, 1.807) is 0 Å². The monoisotopic (exact) mass is 286 g/mol. The summed E-state index contributed by atoms with van der Waals surface area (Å²) in [6.07, 6.45) is 9.49. The highest BCUT2D eigenvalue weighted by Crippen LogP contribution is 2.36. The number of aryl methyl sites for hydroxylation is 1. The first-order valence-corrected chi connectivity index (χ1v) is 7.72. The van der Waals surface area contributed by atoms with Gasteiger partial charge in [-0.2, -0.15) is 0 Å². The van der Waals surface area contributed by atoms with Crippen molar-refractivity contribution < 1.29 is 14.1 Å². The Morgan fingerprint density at radius 2 is 1.76 bits per heavy atom. The molecule has 2 heterocycles. The predicted octanol–water partition coefficient (Wildman–Crippen LogP) is 2.00. The molecule has 21 heavy (non-hydrogen) atoms. The number of carbonyl (C=O) groups excluding carboxylic acids is 2. The summed E-state index contributed by atoms with van der Waals surface area (Å²) in [4.78, 5) is 26.3. The Bertz CT molecular complexity index is 605. The highest BCUT2D eigenvalue weighted by atomic mass is 16.5. The molecule has 1 aromatic heterocycles. The standard InChI is InChI=1S/C16H18N2O3/c19-15-10-5-1-2-6-11(10)16(20)18(15)9-13-12-7-3-4-8-14(12)21-17-13/h1-2,10-11H,3-9H2/t10-,11+. The van der Waals surface area contributed by atoms with Gasteiger partial charge in [0, 0.05) is 12.0 Å². The molecular weight excluding hydrogens is 268 g/mol. The number of allylic oxidation sites excluding steroid dienone is 2. The summed E-state index contributed by atoms with van der Waals surface area (Å²) in [7, 11) is 0. The lowest BCUT2D eigenvalue weighted by Crippen LogP contribution is -2.31. The average molecular weight is 286 g/mol. The van der Waals surface area contributed by atoms with E-state index >= 15 is 0 Å². The van der Waals surface area contributed by atoms with Gasteiger partial charge in [0.05, 0.1) is 18.4 Å². The van der Waals surface area contributed by atoms with Gasteiger partial charge in [0.2, 0.25) is 11.8 Å². The molecule has 0 radical (unpaired) electrons. The molecule has 1 aliphatic heterocycles. The summed E-state index contributed by atoms with van der Waals surface area (Å²) < 4.78 is 5.37. The molecule has 1 fully saturated rings. The predicted molar refractivity (Wildman–Crippen MR) is 74.1 cm³/mol. The van der Waals surface area contributed by atoms with Crippen LogP contribution in [0.4, 0.5) is 0 Å². The van der Waals surface area contributed by atoms with E-state index in [-0.39, 0.29) is 30.2 Å². The molecule has 2 aliphatic carbocycles. The maximum absolute atomic E-state index is 12.5. The van der Waals surface area contributed by atoms with Gasteiger partial charge in [0.25, 0.3) is 0 Å². The fourth-order valence-electron chi connectivity index (χ4n) is 3.75. The van der Waals surface area contributed by atoms with Crippen molar-refractivity contribution in [3.8, 4) is 0 Å². The first-order valence-electron chi connectivity index (χ1n) is 7.72. The second-order valence-corrected chi connectivity index (χ2v) is 6.16. The SMILES string of the molecule is O=C1[C@H]2CC=CC[C@H]2C(=O)N1Cc1noc2c1CCCC2. The number of hydrogen-bond donors (Lipinski definition) is 0. The number of carbonyl (C=O) groups is 2. The molecule has 3 aliphatic rings. The van der Waals surface area contributed by atoms with E-state index in [9.17, 15) is 9.59 Å². The van der Waals surface area contributed by atoms with E-state index in [4.69, 9.17) is 4.52 Å². The van der Waals surface area contributed by atoms with Crippen LogP contribution in [0.15, 0.2) is 16.7 Å². The highest BCUT2D eigenvalue weighted by molar-refractivity contribution is 6.05. The fraction of sp³-hybridized carbons (Fsp3) is 0.562. The zero-order valence-electron chi connectivity index (χ0n) is 11.9. The van der Waals surface area contributed by atoms with Crippen LogP contribution in [0, 0.1) is 11.8 Å². The lowest BCUT2D eigenvalue weighted by Gasteiger charge is -2.15. The lowest BCUT2D eigenvalue weighted by atomic mass is 9.85. The van der Waals surface area contributed by atoms with Crippen LogP contribution < -0.4 is 0 Å². The van der Waals surface area contributed by atoms with Gasteiger partial charge < -0.3 is 4.52 Å². The van der Waals surface area contributed by atoms with Crippen LogP contribution in [0.2, 0.25) is 0 Å². The third kappa shape index (κ3) is 1.94. The first-order chi connectivity index (χ1) is 10.3. The number of fused-ring (bicyclic) bond motifs is 2. The van der Waals surface area contributed by atoms with Gasteiger partial charge in [-0.15, -0.1) is 0 Å². The van der Waals surface area contributed by atoms with Gasteiger partial charge in [-0.3, -0.25) is 14.5 Å². The van der Waals surface area contributed by atoms with Crippen molar-refractivity contribution in [3.63, 3.8) is 0 Å². The molecule has 0 bridgehead atoms. The molecular formula is C16H18N2O3. The van der Waals surface area contributed by atoms with Crippen molar-refractivity contribution in [2.24, 2.45) is 11.8 Å². The van der Waals surface area contributed by atoms with Crippen molar-refractivity contribution in [1.29, 1.82) is 0 Å². The van der Waals surface area contributed by atoms with Crippen molar-refractivity contribution in [3.05, 3.63) is 29.2 Å². The molecule has 4 rings (SSSR count). The molecule has 5 heteroatoms. The maximum Gasteiger partial charge on any atom is 0.233 e. The Balaban J connectivity index is 1.59. The summed E-state index contributed by atoms with van der Waals surface area (Å²) in [5.41, 5.74) is 1.90. The molecule has 0 spiro atoms. The zero-order chi connectivity index (χ0) is 14.4. The number of likely N-dealkylation sites (tertiary alicyclic amines) is 1. The quantitative estimate of drug-likeness (QED) is 0.616. The average Bonchev–Trinajstić information content (AvgIpc) is 3.04. The molecule has 1 aromatic rings. The van der Waals surface area contributed by atoms with Crippen LogP contribution in [0.1, 0.15) is 42.7 Å². The van der Waals surface area contributed by atoms with Crippen LogP contribution in [-0.2, 0) is 29.0 Å². The van der Waals surface area contributed by atoms with E-state index in [0.29, 0.717) is 12.8 Å². The first kappa shape index (κ1) is 12.8. The second-order valence-electron chi connectivity index (χ2n) is 6.16. The van der Waals surface area contributed by atoms with Crippen LogP contribution in [0.25, 0.3) is 0 Å². The zero-order valence-corrected chi connectivity index (χ0v) is 11.9.